The zero-order chi connectivity index (χ0) is 28.7. The number of ketones is 1. The first-order valence-electron chi connectivity index (χ1n) is 14.3. The van der Waals surface area contributed by atoms with Crippen molar-refractivity contribution in [3.05, 3.63) is 70.6 Å². The Balaban J connectivity index is 1.51. The monoisotopic (exact) mass is 539 g/mol. The van der Waals surface area contributed by atoms with Gasteiger partial charge in [-0.2, -0.15) is 0 Å². The lowest BCUT2D eigenvalue weighted by molar-refractivity contribution is -0.115. The first-order valence-corrected chi connectivity index (χ1v) is 14.3. The number of pyridine rings is 1. The fraction of sp³-hybridized carbons (Fsp3) is 0.424. The van der Waals surface area contributed by atoms with Crippen molar-refractivity contribution in [2.75, 3.05) is 24.5 Å². The lowest BCUT2D eigenvalue weighted by Crippen LogP contribution is -2.54. The molecule has 1 fully saturated rings. The number of nitrogens with zero attached hydrogens (tertiary/aromatic N) is 3. The van der Waals surface area contributed by atoms with E-state index in [1.165, 1.54) is 0 Å². The lowest BCUT2D eigenvalue weighted by atomic mass is 9.92. The largest absolute Gasteiger partial charge is 0.351 e. The first-order chi connectivity index (χ1) is 19.0. The van der Waals surface area contributed by atoms with Crippen molar-refractivity contribution in [2.45, 2.75) is 73.0 Å². The van der Waals surface area contributed by atoms with Crippen LogP contribution in [-0.2, 0) is 4.79 Å². The van der Waals surface area contributed by atoms with Crippen LogP contribution in [0.5, 0.6) is 0 Å². The van der Waals surface area contributed by atoms with Gasteiger partial charge in [0.2, 0.25) is 0 Å². The lowest BCUT2D eigenvalue weighted by Gasteiger charge is -2.38. The van der Waals surface area contributed by atoms with Gasteiger partial charge in [-0.3, -0.25) is 9.59 Å². The van der Waals surface area contributed by atoms with Gasteiger partial charge in [-0.25, -0.2) is 4.98 Å². The number of benzene rings is 1. The molecule has 2 aromatic heterocycles. The van der Waals surface area contributed by atoms with Crippen molar-refractivity contribution < 1.29 is 9.59 Å². The molecule has 1 saturated heterocycles. The fourth-order valence-electron chi connectivity index (χ4n) is 6.02. The summed E-state index contributed by atoms with van der Waals surface area (Å²) in [6.07, 6.45) is 6.48. The zero-order valence-electron chi connectivity index (χ0n) is 24.8. The third kappa shape index (κ3) is 5.35. The van der Waals surface area contributed by atoms with Gasteiger partial charge in [0.25, 0.3) is 5.91 Å². The topological polar surface area (TPSA) is 79.3 Å². The van der Waals surface area contributed by atoms with Gasteiger partial charge < -0.3 is 20.1 Å². The van der Waals surface area contributed by atoms with Crippen LogP contribution < -0.4 is 15.5 Å². The number of fused-ring (bicyclic) bond motifs is 1. The number of hydrogen-bond donors (Lipinski definition) is 2. The van der Waals surface area contributed by atoms with Crippen LogP contribution in [-0.4, -0.2) is 53.0 Å². The van der Waals surface area contributed by atoms with Gasteiger partial charge >= 0.3 is 0 Å². The summed E-state index contributed by atoms with van der Waals surface area (Å²) in [7, 11) is 0. The van der Waals surface area contributed by atoms with Crippen molar-refractivity contribution >= 4 is 28.4 Å². The number of nitrogens with one attached hydrogen (secondary N) is 2. The summed E-state index contributed by atoms with van der Waals surface area (Å²) in [5.41, 5.74) is 7.26. The summed E-state index contributed by atoms with van der Waals surface area (Å²) in [6.45, 7) is 16.7. The molecule has 2 atom stereocenters. The van der Waals surface area contributed by atoms with Crippen LogP contribution in [0.1, 0.15) is 69.9 Å². The molecule has 0 radical (unpaired) electrons. The molecule has 3 aromatic rings. The highest BCUT2D eigenvalue weighted by atomic mass is 16.2. The Kier molecular flexibility index (Phi) is 7.69. The van der Waals surface area contributed by atoms with Crippen molar-refractivity contribution in [1.82, 2.24) is 20.2 Å². The summed E-state index contributed by atoms with van der Waals surface area (Å²) in [5, 5.41) is 7.52. The molecule has 7 nitrogen and oxygen atoms in total. The maximum absolute atomic E-state index is 13.7. The molecule has 1 aliphatic heterocycles. The summed E-state index contributed by atoms with van der Waals surface area (Å²) in [5.74, 6) is 0.873. The van der Waals surface area contributed by atoms with Gasteiger partial charge in [-0.05, 0) is 89.4 Å². The third-order valence-corrected chi connectivity index (χ3v) is 8.20. The first kappa shape index (κ1) is 27.8. The summed E-state index contributed by atoms with van der Waals surface area (Å²) in [4.78, 5) is 33.6. The molecule has 0 bridgehead atoms. The molecular weight excluding hydrogens is 498 g/mol. The standard InChI is InChI=1S/C33H41N5O2/c1-19(2)37-17-22(5)32-27(33(40)36-16-28-21(4)10-20(3)11-30(28)39)12-26(13-29(32)37)25-8-9-31(35-15-25)38-18-23(6)34-14-24(38)7/h8-10,12-13,15,17,19,23-24,34H,11,14,16,18H2,1-7H3,(H,36,40)/t23-,24-/m1/s1. The predicted octanol–water partition coefficient (Wildman–Crippen LogP) is 5.74. The van der Waals surface area contributed by atoms with Crippen molar-refractivity contribution in [3.8, 4) is 11.1 Å². The molecule has 0 unspecified atom stereocenters. The van der Waals surface area contributed by atoms with E-state index in [-0.39, 0.29) is 24.3 Å². The van der Waals surface area contributed by atoms with Crippen molar-refractivity contribution in [2.24, 2.45) is 0 Å². The number of piperazine rings is 1. The van der Waals surface area contributed by atoms with Crippen LogP contribution in [0, 0.1) is 6.92 Å². The third-order valence-electron chi connectivity index (χ3n) is 8.20. The molecule has 3 heterocycles. The minimum atomic E-state index is -0.177. The molecule has 1 aromatic carbocycles. The van der Waals surface area contributed by atoms with Gasteiger partial charge in [0.05, 0.1) is 0 Å². The molecule has 0 spiro atoms. The molecular formula is C33H41N5O2. The number of aryl methyl sites for hydroxylation is 1. The number of carbonyl (C=O) groups is 2. The van der Waals surface area contributed by atoms with Gasteiger partial charge in [0.1, 0.15) is 5.82 Å². The average Bonchev–Trinajstić information content (AvgIpc) is 3.25. The Morgan fingerprint density at radius 2 is 1.93 bits per heavy atom. The van der Waals surface area contributed by atoms with E-state index in [9.17, 15) is 9.59 Å². The van der Waals surface area contributed by atoms with Crippen molar-refractivity contribution in [1.29, 1.82) is 0 Å². The smallest absolute Gasteiger partial charge is 0.252 e. The number of Topliss-reactive ketones (excluding diaryl/α,β-unsaturated/α-hetero) is 1. The highest BCUT2D eigenvalue weighted by molar-refractivity contribution is 6.10. The number of carbonyl (C=O) groups excluding carboxylic acids is 2. The second kappa shape index (κ2) is 11.0. The number of hydrogen-bond acceptors (Lipinski definition) is 5. The van der Waals surface area contributed by atoms with E-state index in [2.05, 4.69) is 79.1 Å². The maximum Gasteiger partial charge on any atom is 0.252 e. The number of amides is 1. The number of rotatable bonds is 6. The molecule has 2 aliphatic rings. The molecule has 2 N–H and O–H groups in total. The van der Waals surface area contributed by atoms with Crippen LogP contribution in [0.3, 0.4) is 0 Å². The Labute approximate surface area is 237 Å². The molecule has 1 aliphatic carbocycles. The summed E-state index contributed by atoms with van der Waals surface area (Å²) < 4.78 is 2.22. The quantitative estimate of drug-likeness (QED) is 0.417. The predicted molar refractivity (Wildman–Crippen MR) is 163 cm³/mol. The number of allylic oxidation sites excluding steroid dienone is 3. The number of aromatic nitrogens is 2. The normalized spacial score (nSPS) is 19.9. The molecule has 0 saturated carbocycles. The van der Waals surface area contributed by atoms with Crippen LogP contribution in [0.15, 0.2) is 59.5 Å². The Bertz CT molecular complexity index is 1530. The van der Waals surface area contributed by atoms with E-state index < -0.39 is 0 Å². The van der Waals surface area contributed by atoms with E-state index in [0.717, 1.165) is 57.6 Å². The second-order valence-electron chi connectivity index (χ2n) is 11.9. The summed E-state index contributed by atoms with van der Waals surface area (Å²) in [6, 6.07) is 9.33. The fourth-order valence-corrected chi connectivity index (χ4v) is 6.02. The van der Waals surface area contributed by atoms with E-state index in [4.69, 9.17) is 4.98 Å². The Morgan fingerprint density at radius 1 is 1.15 bits per heavy atom. The Hall–Kier alpha value is -3.71. The van der Waals surface area contributed by atoms with Gasteiger partial charge in [0.15, 0.2) is 5.78 Å². The highest BCUT2D eigenvalue weighted by Crippen LogP contribution is 2.33. The van der Waals surface area contributed by atoms with Crippen LogP contribution in [0.25, 0.3) is 22.0 Å². The van der Waals surface area contributed by atoms with Gasteiger partial charge in [0, 0.05) is 84.2 Å². The molecule has 1 amide bonds. The zero-order valence-corrected chi connectivity index (χ0v) is 24.8. The molecule has 5 rings (SSSR count). The maximum atomic E-state index is 13.7. The average molecular weight is 540 g/mol. The molecule has 7 heteroatoms. The van der Waals surface area contributed by atoms with Crippen LogP contribution >= 0.6 is 0 Å². The van der Waals surface area contributed by atoms with E-state index in [1.54, 1.807) is 0 Å². The SMILES string of the molecule is CC1=CC(C)=C(CNC(=O)c2cc(-c3ccc(N4C[C@@H](C)NC[C@H]4C)nc3)cc3c2c(C)cn3C(C)C)C(=O)C1. The minimum Gasteiger partial charge on any atom is -0.351 e. The van der Waals surface area contributed by atoms with E-state index >= 15 is 0 Å². The van der Waals surface area contributed by atoms with E-state index in [0.29, 0.717) is 29.6 Å². The Morgan fingerprint density at radius 3 is 2.60 bits per heavy atom. The van der Waals surface area contributed by atoms with Gasteiger partial charge in [-0.15, -0.1) is 0 Å². The second-order valence-corrected chi connectivity index (χ2v) is 11.9. The highest BCUT2D eigenvalue weighted by Gasteiger charge is 2.24. The molecule has 210 valence electrons. The summed E-state index contributed by atoms with van der Waals surface area (Å²) >= 11 is 0. The van der Waals surface area contributed by atoms with E-state index in [1.807, 2.05) is 32.2 Å². The number of anilines is 1. The minimum absolute atomic E-state index is 0.0817. The van der Waals surface area contributed by atoms with Crippen LogP contribution in [0.2, 0.25) is 0 Å². The molecule has 40 heavy (non-hydrogen) atoms. The van der Waals surface area contributed by atoms with Gasteiger partial charge in [-0.1, -0.05) is 11.6 Å². The van der Waals surface area contributed by atoms with Crippen molar-refractivity contribution in [3.63, 3.8) is 0 Å². The van der Waals surface area contributed by atoms with Crippen LogP contribution in [0.4, 0.5) is 5.82 Å².